The standard InChI is InChI=1S/C11H18N2O8.Fe.4Na.4H/c12-4-6(1-7(14)15)11(2-8(16)17,3-9(18)19)13-5-10(20)21;;;;;;;;;/h6,13H,1-5,12H2,(H,14,15)(H,16,17)(H,18,19)(H,20,21);;;;;;;;;. The molecule has 0 aromatic rings. The number of hydrogen-bond donors (Lipinski definition) is 6. The number of rotatable bonds is 11. The summed E-state index contributed by atoms with van der Waals surface area (Å²) in [6, 6.07) is 0. The van der Waals surface area contributed by atoms with E-state index in [1.165, 1.54) is 0 Å². The molecule has 26 heavy (non-hydrogen) atoms. The first-order chi connectivity index (χ1) is 9.62. The molecule has 0 aliphatic heterocycles. The third-order valence-electron chi connectivity index (χ3n) is 3.01. The van der Waals surface area contributed by atoms with Crippen LogP contribution in [0.5, 0.6) is 0 Å². The zero-order valence-electron chi connectivity index (χ0n) is 11.5. The first kappa shape index (κ1) is 42.4. The Morgan fingerprint density at radius 3 is 1.42 bits per heavy atom. The Morgan fingerprint density at radius 2 is 1.19 bits per heavy atom. The van der Waals surface area contributed by atoms with Crippen LogP contribution in [0.4, 0.5) is 0 Å². The maximum absolute atomic E-state index is 11.0. The van der Waals surface area contributed by atoms with Crippen LogP contribution in [-0.4, -0.2) is 181 Å². The van der Waals surface area contributed by atoms with Crippen molar-refractivity contribution in [3.8, 4) is 0 Å². The SMILES string of the molecule is NCC(CC(=O)O)C(CC(=O)O)(CC(=O)O)NCC(=O)O.[Fe].[NaH].[NaH].[NaH].[NaH]. The molecule has 0 aliphatic rings. The summed E-state index contributed by atoms with van der Waals surface area (Å²) in [5.41, 5.74) is 3.67. The molecule has 0 spiro atoms. The third kappa shape index (κ3) is 18.4. The van der Waals surface area contributed by atoms with Crippen LogP contribution in [0.1, 0.15) is 19.3 Å². The van der Waals surface area contributed by atoms with E-state index in [9.17, 15) is 19.2 Å². The molecule has 1 atom stereocenters. The van der Waals surface area contributed by atoms with Crippen molar-refractivity contribution >= 4 is 142 Å². The van der Waals surface area contributed by atoms with Crippen molar-refractivity contribution in [1.82, 2.24) is 5.32 Å². The van der Waals surface area contributed by atoms with Gasteiger partial charge >= 0.3 is 142 Å². The molecule has 0 aliphatic carbocycles. The van der Waals surface area contributed by atoms with Crippen molar-refractivity contribution in [2.24, 2.45) is 11.7 Å². The average molecular weight is 458 g/mol. The number of carbonyl (C=O) groups is 4. The number of nitrogens with two attached hydrogens (primary N) is 1. The van der Waals surface area contributed by atoms with Crippen LogP contribution in [-0.2, 0) is 36.2 Å². The molecule has 0 saturated heterocycles. The number of aliphatic carboxylic acids is 4. The second kappa shape index (κ2) is 22.0. The van der Waals surface area contributed by atoms with Gasteiger partial charge in [-0.1, -0.05) is 0 Å². The Balaban J connectivity index is -0.000000200. The van der Waals surface area contributed by atoms with Gasteiger partial charge in [0, 0.05) is 28.5 Å². The van der Waals surface area contributed by atoms with Crippen molar-refractivity contribution < 1.29 is 56.7 Å². The molecule has 0 heterocycles. The van der Waals surface area contributed by atoms with Gasteiger partial charge in [0.05, 0.1) is 25.8 Å². The van der Waals surface area contributed by atoms with Gasteiger partial charge < -0.3 is 26.2 Å². The Hall–Kier alpha value is 2.32. The van der Waals surface area contributed by atoms with Gasteiger partial charge in [0.15, 0.2) is 0 Å². The number of carboxylic acid groups (broad SMARTS) is 4. The Kier molecular flexibility index (Phi) is 35.9. The fourth-order valence-corrected chi connectivity index (χ4v) is 2.13. The summed E-state index contributed by atoms with van der Waals surface area (Å²) in [5.74, 6) is -6.46. The van der Waals surface area contributed by atoms with Gasteiger partial charge in [0.2, 0.25) is 0 Å². The molecule has 15 heteroatoms. The van der Waals surface area contributed by atoms with E-state index in [4.69, 9.17) is 26.2 Å². The van der Waals surface area contributed by atoms with Gasteiger partial charge in [0.25, 0.3) is 0 Å². The van der Waals surface area contributed by atoms with Gasteiger partial charge in [-0.3, -0.25) is 24.5 Å². The van der Waals surface area contributed by atoms with Crippen LogP contribution >= 0.6 is 0 Å². The molecule has 0 rings (SSSR count). The monoisotopic (exact) mass is 458 g/mol. The van der Waals surface area contributed by atoms with Gasteiger partial charge in [-0.15, -0.1) is 0 Å². The van der Waals surface area contributed by atoms with Crippen LogP contribution < -0.4 is 11.1 Å². The Labute approximate surface area is 249 Å². The quantitative estimate of drug-likeness (QED) is 0.166. The number of hydrogen-bond acceptors (Lipinski definition) is 6. The van der Waals surface area contributed by atoms with E-state index in [0.29, 0.717) is 0 Å². The predicted octanol–water partition coefficient (Wildman–Crippen LogP) is -4.20. The molecular formula is C11H22FeN2Na4O8. The van der Waals surface area contributed by atoms with E-state index >= 15 is 0 Å². The van der Waals surface area contributed by atoms with Crippen LogP contribution in [0, 0.1) is 5.92 Å². The molecule has 0 saturated carbocycles. The normalized spacial score (nSPS) is 10.2. The van der Waals surface area contributed by atoms with Crippen LogP contribution in [0.2, 0.25) is 0 Å². The summed E-state index contributed by atoms with van der Waals surface area (Å²) in [6.07, 6.45) is -2.10. The van der Waals surface area contributed by atoms with Gasteiger partial charge in [-0.05, 0) is 6.54 Å². The second-order valence-electron chi connectivity index (χ2n) is 4.57. The predicted molar refractivity (Wildman–Crippen MR) is 96.3 cm³/mol. The number of nitrogens with one attached hydrogen (secondary N) is 1. The molecule has 0 amide bonds. The van der Waals surface area contributed by atoms with Gasteiger partial charge in [0.1, 0.15) is 0 Å². The van der Waals surface area contributed by atoms with E-state index in [-0.39, 0.29) is 142 Å². The number of carboxylic acids is 4. The van der Waals surface area contributed by atoms with E-state index in [0.717, 1.165) is 0 Å². The van der Waals surface area contributed by atoms with E-state index in [2.05, 4.69) is 5.32 Å². The van der Waals surface area contributed by atoms with E-state index in [1.807, 2.05) is 0 Å². The molecule has 10 nitrogen and oxygen atoms in total. The molecule has 1 unspecified atom stereocenters. The molecule has 0 aromatic carbocycles. The van der Waals surface area contributed by atoms with E-state index < -0.39 is 61.1 Å². The Bertz CT molecular complexity index is 428. The van der Waals surface area contributed by atoms with Crippen molar-refractivity contribution in [3.63, 3.8) is 0 Å². The first-order valence-corrected chi connectivity index (χ1v) is 5.95. The molecular weight excluding hydrogens is 436 g/mol. The molecule has 0 aromatic heterocycles. The van der Waals surface area contributed by atoms with Crippen molar-refractivity contribution in [3.05, 3.63) is 0 Å². The van der Waals surface area contributed by atoms with Gasteiger partial charge in [-0.2, -0.15) is 0 Å². The fraction of sp³-hybridized carbons (Fsp3) is 0.636. The fourth-order valence-electron chi connectivity index (χ4n) is 2.13. The minimum absolute atomic E-state index is 0. The minimum atomic E-state index is -1.76. The maximum atomic E-state index is 11.0. The van der Waals surface area contributed by atoms with Crippen LogP contribution in [0.15, 0.2) is 0 Å². The van der Waals surface area contributed by atoms with E-state index in [1.54, 1.807) is 0 Å². The Morgan fingerprint density at radius 1 is 0.808 bits per heavy atom. The zero-order valence-corrected chi connectivity index (χ0v) is 12.6. The average Bonchev–Trinajstić information content (AvgIpc) is 2.31. The topological polar surface area (TPSA) is 187 Å². The summed E-state index contributed by atoms with van der Waals surface area (Å²) >= 11 is 0. The van der Waals surface area contributed by atoms with Crippen molar-refractivity contribution in [2.75, 3.05) is 13.1 Å². The third-order valence-corrected chi connectivity index (χ3v) is 3.01. The molecule has 7 N–H and O–H groups in total. The molecule has 136 valence electrons. The van der Waals surface area contributed by atoms with Gasteiger partial charge in [-0.25, -0.2) is 0 Å². The van der Waals surface area contributed by atoms with Crippen molar-refractivity contribution in [1.29, 1.82) is 0 Å². The zero-order chi connectivity index (χ0) is 16.6. The molecule has 0 bridgehead atoms. The van der Waals surface area contributed by atoms with Crippen molar-refractivity contribution in [2.45, 2.75) is 24.8 Å². The summed E-state index contributed by atoms with van der Waals surface area (Å²) in [5, 5.41) is 37.7. The summed E-state index contributed by atoms with van der Waals surface area (Å²) < 4.78 is 0. The second-order valence-corrected chi connectivity index (χ2v) is 4.57. The summed E-state index contributed by atoms with van der Waals surface area (Å²) in [7, 11) is 0. The summed E-state index contributed by atoms with van der Waals surface area (Å²) in [6.45, 7) is -1.02. The first-order valence-electron chi connectivity index (χ1n) is 5.95. The molecule has 0 fully saturated rings. The summed E-state index contributed by atoms with van der Waals surface area (Å²) in [4.78, 5) is 43.4. The molecule has 0 radical (unpaired) electrons. The van der Waals surface area contributed by atoms with Crippen LogP contribution in [0.25, 0.3) is 0 Å². The van der Waals surface area contributed by atoms with Crippen LogP contribution in [0.3, 0.4) is 0 Å².